The molecule has 0 aromatic rings. The van der Waals surface area contributed by atoms with Crippen molar-refractivity contribution in [3.8, 4) is 0 Å². The topological polar surface area (TPSA) is 0 Å². The second-order valence-corrected chi connectivity index (χ2v) is 4.70. The highest BCUT2D eigenvalue weighted by Gasteiger charge is 1.96. The number of rotatable bonds is 2. The van der Waals surface area contributed by atoms with E-state index in [1.165, 1.54) is 0 Å². The monoisotopic (exact) mass is 117 g/mol. The van der Waals surface area contributed by atoms with Gasteiger partial charge in [-0.1, -0.05) is 36.3 Å². The third-order valence-electron chi connectivity index (χ3n) is 0.596. The van der Waals surface area contributed by atoms with E-state index in [1.54, 1.807) is 8.58 Å². The normalized spacial score (nSPS) is 11.1. The fourth-order valence-corrected chi connectivity index (χ4v) is 1.79. The summed E-state index contributed by atoms with van der Waals surface area (Å²) in [6.07, 6.45) is 0. The quantitative estimate of drug-likeness (QED) is 0.488. The van der Waals surface area contributed by atoms with Crippen LogP contribution < -0.4 is 0 Å². The third-order valence-corrected chi connectivity index (χ3v) is 1.79. The Kier molecular flexibility index (Phi) is 3.65. The molecule has 0 saturated carbocycles. The fraction of sp³-hybridized carbons (Fsp3) is 1.00. The van der Waals surface area contributed by atoms with Crippen LogP contribution in [0.4, 0.5) is 0 Å². The first-order chi connectivity index (χ1) is 3.13. The van der Waals surface area contributed by atoms with Crippen molar-refractivity contribution in [2.24, 2.45) is 0 Å². The molecule has 0 heterocycles. The van der Waals surface area contributed by atoms with Crippen LogP contribution in [0.2, 0.25) is 0 Å². The average Bonchev–Trinajstić information content (AvgIpc) is 1.27. The Balaban J connectivity index is 2.95. The largest absolute Gasteiger partial charge is 0.0752 e. The molecule has 1 heteroatoms. The summed E-state index contributed by atoms with van der Waals surface area (Å²) in [5.41, 5.74) is 1.69. The van der Waals surface area contributed by atoms with Gasteiger partial charge in [-0.3, -0.25) is 0 Å². The maximum absolute atomic E-state index is 2.25. The molecule has 0 aromatic heterocycles. The van der Waals surface area contributed by atoms with Crippen LogP contribution >= 0.6 is 8.58 Å². The minimum Gasteiger partial charge on any atom is -0.0752 e. The molecule has 0 nitrogen and oxygen atoms in total. The zero-order valence-electron chi connectivity index (χ0n) is 5.60. The number of hydrogen-bond donors (Lipinski definition) is 0. The molecule has 0 aromatic carbocycles. The standard InChI is InChI=1S/C6H14P/c1-5(2)7-6(3)4/h5-6H,1-4H3. The Hall–Kier alpha value is 0.430. The molecule has 1 radical (unpaired) electrons. The van der Waals surface area contributed by atoms with E-state index in [-0.39, 0.29) is 0 Å². The van der Waals surface area contributed by atoms with E-state index in [1.807, 2.05) is 0 Å². The second-order valence-electron chi connectivity index (χ2n) is 2.34. The minimum atomic E-state index is 0.847. The van der Waals surface area contributed by atoms with E-state index in [0.717, 1.165) is 11.3 Å². The lowest BCUT2D eigenvalue weighted by Gasteiger charge is -2.04. The highest BCUT2D eigenvalue weighted by atomic mass is 31.1. The molecule has 0 unspecified atom stereocenters. The summed E-state index contributed by atoms with van der Waals surface area (Å²) in [4.78, 5) is 0. The lowest BCUT2D eigenvalue weighted by Crippen LogP contribution is -1.90. The molecule has 0 saturated heterocycles. The van der Waals surface area contributed by atoms with E-state index in [0.29, 0.717) is 0 Å². The van der Waals surface area contributed by atoms with Gasteiger partial charge in [0, 0.05) is 0 Å². The molecule has 7 heavy (non-hydrogen) atoms. The average molecular weight is 117 g/mol. The first-order valence-electron chi connectivity index (χ1n) is 2.83. The van der Waals surface area contributed by atoms with Crippen molar-refractivity contribution in [1.29, 1.82) is 0 Å². The Labute approximate surface area is 48.5 Å². The molecule has 0 spiro atoms. The van der Waals surface area contributed by atoms with Gasteiger partial charge in [0.15, 0.2) is 0 Å². The van der Waals surface area contributed by atoms with Crippen LogP contribution in [0.1, 0.15) is 27.7 Å². The molecule has 0 aliphatic heterocycles. The summed E-state index contributed by atoms with van der Waals surface area (Å²) in [6.45, 7) is 9.01. The maximum Gasteiger partial charge on any atom is -0.0225 e. The zero-order chi connectivity index (χ0) is 5.86. The fourth-order valence-electron chi connectivity index (χ4n) is 0.596. The first-order valence-corrected chi connectivity index (χ1v) is 3.86. The summed E-state index contributed by atoms with van der Waals surface area (Å²) < 4.78 is 0. The van der Waals surface area contributed by atoms with E-state index < -0.39 is 0 Å². The maximum atomic E-state index is 2.25. The van der Waals surface area contributed by atoms with Gasteiger partial charge >= 0.3 is 0 Å². The van der Waals surface area contributed by atoms with Crippen molar-refractivity contribution in [1.82, 2.24) is 0 Å². The van der Waals surface area contributed by atoms with Crippen LogP contribution in [-0.4, -0.2) is 11.3 Å². The van der Waals surface area contributed by atoms with Gasteiger partial charge in [-0.25, -0.2) is 0 Å². The first kappa shape index (κ1) is 7.43. The predicted octanol–water partition coefficient (Wildman–Crippen LogP) is 2.75. The SMILES string of the molecule is CC(C)[P]C(C)C. The molecule has 0 aliphatic rings. The van der Waals surface area contributed by atoms with E-state index in [4.69, 9.17) is 0 Å². The van der Waals surface area contributed by atoms with Gasteiger partial charge in [0.2, 0.25) is 0 Å². The molecule has 43 valence electrons. The van der Waals surface area contributed by atoms with Crippen molar-refractivity contribution >= 4 is 8.58 Å². The van der Waals surface area contributed by atoms with Crippen LogP contribution in [0.15, 0.2) is 0 Å². The Morgan fingerprint density at radius 3 is 1.14 bits per heavy atom. The van der Waals surface area contributed by atoms with Crippen molar-refractivity contribution < 1.29 is 0 Å². The summed E-state index contributed by atoms with van der Waals surface area (Å²) in [7, 11) is 1.58. The lowest BCUT2D eigenvalue weighted by atomic mass is 10.5. The highest BCUT2D eigenvalue weighted by molar-refractivity contribution is 7.39. The zero-order valence-corrected chi connectivity index (χ0v) is 6.50. The molecular formula is C6H14P. The van der Waals surface area contributed by atoms with Crippen LogP contribution in [0.5, 0.6) is 0 Å². The van der Waals surface area contributed by atoms with Crippen molar-refractivity contribution in [3.63, 3.8) is 0 Å². The molecule has 0 aliphatic carbocycles. The lowest BCUT2D eigenvalue weighted by molar-refractivity contribution is 1.03. The summed E-state index contributed by atoms with van der Waals surface area (Å²) in [5.74, 6) is 0. The Morgan fingerprint density at radius 1 is 0.857 bits per heavy atom. The van der Waals surface area contributed by atoms with Crippen LogP contribution in [0, 0.1) is 0 Å². The smallest absolute Gasteiger partial charge is 0.0225 e. The van der Waals surface area contributed by atoms with Crippen molar-refractivity contribution in [2.45, 2.75) is 39.0 Å². The van der Waals surface area contributed by atoms with Gasteiger partial charge in [-0.05, 0) is 11.3 Å². The van der Waals surface area contributed by atoms with Crippen molar-refractivity contribution in [2.75, 3.05) is 0 Å². The Bertz CT molecular complexity index is 33.4. The summed E-state index contributed by atoms with van der Waals surface area (Å²) in [6, 6.07) is 0. The van der Waals surface area contributed by atoms with E-state index >= 15 is 0 Å². The van der Waals surface area contributed by atoms with Gasteiger partial charge in [0.1, 0.15) is 0 Å². The van der Waals surface area contributed by atoms with Gasteiger partial charge < -0.3 is 0 Å². The van der Waals surface area contributed by atoms with Crippen molar-refractivity contribution in [3.05, 3.63) is 0 Å². The van der Waals surface area contributed by atoms with Gasteiger partial charge in [0.25, 0.3) is 0 Å². The van der Waals surface area contributed by atoms with Gasteiger partial charge in [-0.2, -0.15) is 0 Å². The molecule has 0 atom stereocenters. The van der Waals surface area contributed by atoms with E-state index in [2.05, 4.69) is 27.7 Å². The Morgan fingerprint density at radius 2 is 1.14 bits per heavy atom. The molecule has 0 amide bonds. The van der Waals surface area contributed by atoms with Gasteiger partial charge in [0.05, 0.1) is 0 Å². The highest BCUT2D eigenvalue weighted by Crippen LogP contribution is 2.23. The second kappa shape index (κ2) is 3.43. The van der Waals surface area contributed by atoms with E-state index in [9.17, 15) is 0 Å². The molecule has 0 N–H and O–H groups in total. The molecular weight excluding hydrogens is 103 g/mol. The van der Waals surface area contributed by atoms with Crippen LogP contribution in [-0.2, 0) is 0 Å². The molecule has 0 rings (SSSR count). The van der Waals surface area contributed by atoms with Crippen LogP contribution in [0.3, 0.4) is 0 Å². The molecule has 0 bridgehead atoms. The summed E-state index contributed by atoms with van der Waals surface area (Å²) in [5, 5.41) is 0. The summed E-state index contributed by atoms with van der Waals surface area (Å²) >= 11 is 0. The van der Waals surface area contributed by atoms with Crippen LogP contribution in [0.25, 0.3) is 0 Å². The molecule has 0 fully saturated rings. The minimum absolute atomic E-state index is 0.847. The number of hydrogen-bond acceptors (Lipinski definition) is 0. The predicted molar refractivity (Wildman–Crippen MR) is 37.2 cm³/mol. The van der Waals surface area contributed by atoms with Gasteiger partial charge in [-0.15, -0.1) is 0 Å². The third kappa shape index (κ3) is 6.43.